The summed E-state index contributed by atoms with van der Waals surface area (Å²) < 4.78 is 10.1. The Kier molecular flexibility index (Phi) is 4.64. The van der Waals surface area contributed by atoms with Crippen LogP contribution in [0.4, 0.5) is 10.5 Å². The highest BCUT2D eigenvalue weighted by atomic mass is 16.5. The van der Waals surface area contributed by atoms with Crippen LogP contribution in [-0.2, 0) is 4.74 Å². The summed E-state index contributed by atoms with van der Waals surface area (Å²) in [6.07, 6.45) is -0.435. The summed E-state index contributed by atoms with van der Waals surface area (Å²) in [6, 6.07) is 5.50. The molecule has 0 bridgehead atoms. The summed E-state index contributed by atoms with van der Waals surface area (Å²) in [4.78, 5) is 11.2. The number of hydrogen-bond donors (Lipinski definition) is 1. The number of benzene rings is 1. The van der Waals surface area contributed by atoms with Crippen molar-refractivity contribution in [3.8, 4) is 5.75 Å². The van der Waals surface area contributed by atoms with Crippen molar-refractivity contribution in [2.24, 2.45) is 0 Å². The van der Waals surface area contributed by atoms with Gasteiger partial charge in [0.25, 0.3) is 0 Å². The van der Waals surface area contributed by atoms with Gasteiger partial charge in [0.05, 0.1) is 13.2 Å². The minimum atomic E-state index is -0.435. The molecule has 1 rings (SSSR count). The Hall–Kier alpha value is -1.71. The Bertz CT molecular complexity index is 363. The highest BCUT2D eigenvalue weighted by Gasteiger charge is 2.05. The fourth-order valence-electron chi connectivity index (χ4n) is 1.31. The molecule has 0 aliphatic carbocycles. The lowest BCUT2D eigenvalue weighted by Gasteiger charge is -2.10. The van der Waals surface area contributed by atoms with Gasteiger partial charge in [-0.25, -0.2) is 4.79 Å². The molecule has 1 amide bonds. The van der Waals surface area contributed by atoms with Crippen molar-refractivity contribution in [3.05, 3.63) is 23.8 Å². The molecule has 4 heteroatoms. The van der Waals surface area contributed by atoms with E-state index in [4.69, 9.17) is 9.47 Å². The van der Waals surface area contributed by atoms with Gasteiger partial charge in [-0.2, -0.15) is 0 Å². The van der Waals surface area contributed by atoms with E-state index in [1.165, 1.54) is 0 Å². The Morgan fingerprint density at radius 2 is 2.06 bits per heavy atom. The largest absolute Gasteiger partial charge is 0.494 e. The van der Waals surface area contributed by atoms with E-state index in [-0.39, 0.29) is 0 Å². The number of carbonyl (C=O) groups is 1. The molecule has 0 fully saturated rings. The van der Waals surface area contributed by atoms with E-state index >= 15 is 0 Å². The van der Waals surface area contributed by atoms with E-state index < -0.39 is 6.09 Å². The second-order valence-electron chi connectivity index (χ2n) is 3.26. The van der Waals surface area contributed by atoms with Crippen molar-refractivity contribution in [1.82, 2.24) is 0 Å². The molecule has 0 aromatic heterocycles. The average molecular weight is 223 g/mol. The van der Waals surface area contributed by atoms with Gasteiger partial charge < -0.3 is 9.47 Å². The zero-order valence-electron chi connectivity index (χ0n) is 9.87. The second-order valence-corrected chi connectivity index (χ2v) is 3.26. The summed E-state index contributed by atoms with van der Waals surface area (Å²) >= 11 is 0. The number of hydrogen-bond acceptors (Lipinski definition) is 3. The smallest absolute Gasteiger partial charge is 0.411 e. The molecule has 0 heterocycles. The van der Waals surface area contributed by atoms with Crippen LogP contribution in [0.25, 0.3) is 0 Å². The number of aryl methyl sites for hydroxylation is 1. The van der Waals surface area contributed by atoms with E-state index in [9.17, 15) is 4.79 Å². The number of ether oxygens (including phenoxy) is 2. The summed E-state index contributed by atoms with van der Waals surface area (Å²) in [5, 5.41) is 2.66. The Labute approximate surface area is 95.6 Å². The third-order valence-corrected chi connectivity index (χ3v) is 2.02. The molecule has 1 N–H and O–H groups in total. The molecule has 16 heavy (non-hydrogen) atoms. The molecular formula is C12H17NO3. The molecule has 88 valence electrons. The van der Waals surface area contributed by atoms with Crippen molar-refractivity contribution < 1.29 is 14.3 Å². The minimum absolute atomic E-state index is 0.363. The van der Waals surface area contributed by atoms with E-state index in [1.807, 2.05) is 26.0 Å². The van der Waals surface area contributed by atoms with Gasteiger partial charge in [-0.3, -0.25) is 5.32 Å². The van der Waals surface area contributed by atoms with Crippen LogP contribution in [0.5, 0.6) is 5.75 Å². The summed E-state index contributed by atoms with van der Waals surface area (Å²) in [6.45, 7) is 6.60. The predicted molar refractivity (Wildman–Crippen MR) is 63.0 cm³/mol. The van der Waals surface area contributed by atoms with Crippen LogP contribution in [0.1, 0.15) is 19.4 Å². The molecule has 0 saturated heterocycles. The van der Waals surface area contributed by atoms with Gasteiger partial charge in [0, 0.05) is 5.69 Å². The molecular weight excluding hydrogens is 206 g/mol. The zero-order chi connectivity index (χ0) is 12.0. The third-order valence-electron chi connectivity index (χ3n) is 2.02. The fourth-order valence-corrected chi connectivity index (χ4v) is 1.31. The van der Waals surface area contributed by atoms with Crippen LogP contribution in [0.15, 0.2) is 18.2 Å². The van der Waals surface area contributed by atoms with Crippen LogP contribution >= 0.6 is 0 Å². The number of nitrogens with one attached hydrogen (secondary N) is 1. The van der Waals surface area contributed by atoms with Gasteiger partial charge in [0.15, 0.2) is 0 Å². The van der Waals surface area contributed by atoms with Crippen molar-refractivity contribution in [2.75, 3.05) is 18.5 Å². The lowest BCUT2D eigenvalue weighted by Crippen LogP contribution is -2.14. The molecule has 0 unspecified atom stereocenters. The molecule has 0 radical (unpaired) electrons. The predicted octanol–water partition coefficient (Wildman–Crippen LogP) is 2.96. The van der Waals surface area contributed by atoms with Crippen LogP contribution in [0.2, 0.25) is 0 Å². The highest BCUT2D eigenvalue weighted by molar-refractivity contribution is 5.85. The van der Waals surface area contributed by atoms with Gasteiger partial charge >= 0.3 is 6.09 Å². The van der Waals surface area contributed by atoms with Crippen molar-refractivity contribution in [1.29, 1.82) is 0 Å². The number of rotatable bonds is 4. The quantitative estimate of drug-likeness (QED) is 0.853. The first-order valence-corrected chi connectivity index (χ1v) is 5.34. The van der Waals surface area contributed by atoms with E-state index in [0.717, 1.165) is 17.0 Å². The van der Waals surface area contributed by atoms with Gasteiger partial charge in [-0.1, -0.05) is 0 Å². The summed E-state index contributed by atoms with van der Waals surface area (Å²) in [5.74, 6) is 0.800. The molecule has 0 atom stereocenters. The first-order valence-electron chi connectivity index (χ1n) is 5.34. The van der Waals surface area contributed by atoms with Crippen LogP contribution in [0, 0.1) is 6.92 Å². The number of amides is 1. The molecule has 1 aromatic carbocycles. The average Bonchev–Trinajstić information content (AvgIpc) is 2.23. The van der Waals surface area contributed by atoms with Crippen molar-refractivity contribution in [3.63, 3.8) is 0 Å². The first-order chi connectivity index (χ1) is 7.67. The highest BCUT2D eigenvalue weighted by Crippen LogP contribution is 2.21. The van der Waals surface area contributed by atoms with Crippen molar-refractivity contribution >= 4 is 11.8 Å². The zero-order valence-corrected chi connectivity index (χ0v) is 9.87. The van der Waals surface area contributed by atoms with Gasteiger partial charge in [-0.05, 0) is 44.5 Å². The molecule has 0 saturated carbocycles. The Morgan fingerprint density at radius 3 is 2.62 bits per heavy atom. The van der Waals surface area contributed by atoms with E-state index in [0.29, 0.717) is 13.2 Å². The molecule has 4 nitrogen and oxygen atoms in total. The second kappa shape index (κ2) is 6.00. The van der Waals surface area contributed by atoms with Crippen LogP contribution in [-0.4, -0.2) is 19.3 Å². The lowest BCUT2D eigenvalue weighted by molar-refractivity contribution is 0.168. The number of carbonyl (C=O) groups excluding carboxylic acids is 1. The lowest BCUT2D eigenvalue weighted by atomic mass is 10.2. The third kappa shape index (κ3) is 3.46. The van der Waals surface area contributed by atoms with E-state index in [2.05, 4.69) is 5.32 Å². The molecule has 1 aromatic rings. The monoisotopic (exact) mass is 223 g/mol. The minimum Gasteiger partial charge on any atom is -0.494 e. The van der Waals surface area contributed by atoms with Gasteiger partial charge in [-0.15, -0.1) is 0 Å². The van der Waals surface area contributed by atoms with Gasteiger partial charge in [0.2, 0.25) is 0 Å². The van der Waals surface area contributed by atoms with Crippen LogP contribution < -0.4 is 10.1 Å². The normalized spacial score (nSPS) is 9.69. The Morgan fingerprint density at radius 1 is 1.31 bits per heavy atom. The maximum absolute atomic E-state index is 11.2. The molecule has 0 spiro atoms. The van der Waals surface area contributed by atoms with Gasteiger partial charge in [0.1, 0.15) is 5.75 Å². The summed E-state index contributed by atoms with van der Waals surface area (Å²) in [7, 11) is 0. The van der Waals surface area contributed by atoms with E-state index in [1.54, 1.807) is 13.0 Å². The first kappa shape index (κ1) is 12.4. The molecule has 0 aliphatic rings. The fraction of sp³-hybridized carbons (Fsp3) is 0.417. The van der Waals surface area contributed by atoms with Crippen LogP contribution in [0.3, 0.4) is 0 Å². The maximum Gasteiger partial charge on any atom is 0.411 e. The number of anilines is 1. The SMILES string of the molecule is CCOC(=O)Nc1ccc(OCC)cc1C. The standard InChI is InChI=1S/C12H17NO3/c1-4-15-10-6-7-11(9(3)8-10)13-12(14)16-5-2/h6-8H,4-5H2,1-3H3,(H,13,14). The summed E-state index contributed by atoms with van der Waals surface area (Å²) in [5.41, 5.74) is 1.68. The van der Waals surface area contributed by atoms with Crippen molar-refractivity contribution in [2.45, 2.75) is 20.8 Å². The Balaban J connectivity index is 2.71. The molecule has 0 aliphatic heterocycles. The topological polar surface area (TPSA) is 47.6 Å². The maximum atomic E-state index is 11.2.